The lowest BCUT2D eigenvalue weighted by molar-refractivity contribution is 0.0997. The van der Waals surface area contributed by atoms with Crippen LogP contribution >= 0.6 is 0 Å². The van der Waals surface area contributed by atoms with Crippen LogP contribution in [0.3, 0.4) is 0 Å². The molecule has 144 valence electrons. The molecule has 0 spiro atoms. The van der Waals surface area contributed by atoms with Crippen molar-refractivity contribution in [1.82, 2.24) is 19.9 Å². The first-order chi connectivity index (χ1) is 13.7. The SMILES string of the molecule is CNc1cc2nc3c1ncn3C(=O)NC1CC1OCc1ccc(OC)c(c1)N2. The number of amides is 1. The van der Waals surface area contributed by atoms with E-state index in [1.54, 1.807) is 7.11 Å². The third-order valence-electron chi connectivity index (χ3n) is 5.02. The Morgan fingerprint density at radius 3 is 3.07 bits per heavy atom. The molecule has 2 atom stereocenters. The fourth-order valence-electron chi connectivity index (χ4n) is 3.41. The molecular weight excluding hydrogens is 360 g/mol. The molecule has 3 heterocycles. The maximum Gasteiger partial charge on any atom is 0.328 e. The van der Waals surface area contributed by atoms with Gasteiger partial charge in [0, 0.05) is 13.1 Å². The van der Waals surface area contributed by atoms with Crippen LogP contribution < -0.4 is 20.7 Å². The molecule has 1 amide bonds. The second-order valence-corrected chi connectivity index (χ2v) is 6.89. The molecule has 1 aliphatic carbocycles. The van der Waals surface area contributed by atoms with Crippen LogP contribution in [0.25, 0.3) is 11.2 Å². The predicted octanol–water partition coefficient (Wildman–Crippen LogP) is 2.45. The second kappa shape index (κ2) is 6.38. The van der Waals surface area contributed by atoms with Crippen LogP contribution in [-0.2, 0) is 11.3 Å². The highest BCUT2D eigenvalue weighted by Gasteiger charge is 2.40. The van der Waals surface area contributed by atoms with Crippen molar-refractivity contribution >= 4 is 34.4 Å². The van der Waals surface area contributed by atoms with Crippen molar-refractivity contribution in [3.8, 4) is 5.75 Å². The van der Waals surface area contributed by atoms with Crippen LogP contribution in [0.15, 0.2) is 30.6 Å². The average molecular weight is 380 g/mol. The molecule has 3 aromatic rings. The molecule has 28 heavy (non-hydrogen) atoms. The van der Waals surface area contributed by atoms with Crippen LogP contribution in [0.5, 0.6) is 5.75 Å². The van der Waals surface area contributed by atoms with Gasteiger partial charge in [0.1, 0.15) is 23.4 Å². The number of rotatable bonds is 2. The number of methoxy groups -OCH3 is 1. The first-order valence-corrected chi connectivity index (χ1v) is 9.08. The fourth-order valence-corrected chi connectivity index (χ4v) is 3.41. The largest absolute Gasteiger partial charge is 0.495 e. The topological polar surface area (TPSA) is 102 Å². The number of hydrogen-bond donors (Lipinski definition) is 3. The predicted molar refractivity (Wildman–Crippen MR) is 104 cm³/mol. The lowest BCUT2D eigenvalue weighted by Gasteiger charge is -2.15. The molecule has 9 heteroatoms. The highest BCUT2D eigenvalue weighted by atomic mass is 16.5. The summed E-state index contributed by atoms with van der Waals surface area (Å²) in [6.45, 7) is 0.459. The average Bonchev–Trinajstić information content (AvgIpc) is 3.29. The highest BCUT2D eigenvalue weighted by Crippen LogP contribution is 2.33. The smallest absolute Gasteiger partial charge is 0.328 e. The maximum atomic E-state index is 12.7. The number of aromatic nitrogens is 3. The second-order valence-electron chi connectivity index (χ2n) is 6.89. The zero-order valence-electron chi connectivity index (χ0n) is 15.5. The van der Waals surface area contributed by atoms with Crippen molar-refractivity contribution in [2.45, 2.75) is 25.2 Å². The Hall–Kier alpha value is -3.33. The van der Waals surface area contributed by atoms with E-state index in [0.29, 0.717) is 29.3 Å². The van der Waals surface area contributed by atoms with Gasteiger partial charge in [-0.2, -0.15) is 0 Å². The summed E-state index contributed by atoms with van der Waals surface area (Å²) in [7, 11) is 3.43. The Bertz CT molecular complexity index is 1080. The van der Waals surface area contributed by atoms with Crippen molar-refractivity contribution in [1.29, 1.82) is 0 Å². The van der Waals surface area contributed by atoms with Gasteiger partial charge in [0.2, 0.25) is 0 Å². The molecule has 2 unspecified atom stereocenters. The number of anilines is 3. The van der Waals surface area contributed by atoms with Gasteiger partial charge in [0.05, 0.1) is 37.2 Å². The first-order valence-electron chi connectivity index (χ1n) is 9.08. The third-order valence-corrected chi connectivity index (χ3v) is 5.02. The van der Waals surface area contributed by atoms with Gasteiger partial charge in [0.25, 0.3) is 0 Å². The van der Waals surface area contributed by atoms with Crippen molar-refractivity contribution in [3.05, 3.63) is 36.2 Å². The van der Waals surface area contributed by atoms with Crippen LogP contribution in [0.4, 0.5) is 22.0 Å². The van der Waals surface area contributed by atoms with Gasteiger partial charge in [-0.15, -0.1) is 0 Å². The number of carbonyl (C=O) groups excluding carboxylic acids is 1. The van der Waals surface area contributed by atoms with E-state index in [2.05, 4.69) is 25.9 Å². The van der Waals surface area contributed by atoms with Gasteiger partial charge in [-0.1, -0.05) is 6.07 Å². The quantitative estimate of drug-likeness (QED) is 0.628. The molecule has 9 nitrogen and oxygen atoms in total. The number of fused-ring (bicyclic) bond motifs is 4. The van der Waals surface area contributed by atoms with E-state index in [0.717, 1.165) is 23.4 Å². The van der Waals surface area contributed by atoms with E-state index < -0.39 is 0 Å². The summed E-state index contributed by atoms with van der Waals surface area (Å²) >= 11 is 0. The molecule has 1 saturated carbocycles. The summed E-state index contributed by atoms with van der Waals surface area (Å²) in [4.78, 5) is 21.7. The van der Waals surface area contributed by atoms with Crippen LogP contribution in [0.2, 0.25) is 0 Å². The summed E-state index contributed by atoms with van der Waals surface area (Å²) in [5.41, 5.74) is 3.65. The Balaban J connectivity index is 1.67. The third kappa shape index (κ3) is 2.80. The van der Waals surface area contributed by atoms with Gasteiger partial charge in [0.15, 0.2) is 5.65 Å². The minimum absolute atomic E-state index is 0.00399. The van der Waals surface area contributed by atoms with Gasteiger partial charge in [-0.3, -0.25) is 0 Å². The molecule has 2 aliphatic rings. The fraction of sp³-hybridized carbons (Fsp3) is 0.316. The van der Waals surface area contributed by atoms with Gasteiger partial charge < -0.3 is 25.4 Å². The van der Waals surface area contributed by atoms with E-state index in [-0.39, 0.29) is 18.2 Å². The lowest BCUT2D eigenvalue weighted by atomic mass is 10.2. The minimum atomic E-state index is -0.265. The number of pyridine rings is 1. The first kappa shape index (κ1) is 16.8. The van der Waals surface area contributed by atoms with Crippen molar-refractivity contribution in [2.24, 2.45) is 0 Å². The standard InChI is InChI=1S/C19H20N6O3/c1-20-13-7-16-22-11-5-10(3-4-14(11)27-2)8-28-15-6-12(15)23-19(26)25-9-21-17(13)18(25)24-16/h3-5,7,9,12,15H,6,8H2,1-2H3,(H,23,26)(H2,20,22,24). The van der Waals surface area contributed by atoms with Crippen molar-refractivity contribution in [3.63, 3.8) is 0 Å². The summed E-state index contributed by atoms with van der Waals surface area (Å²) in [6, 6.07) is 7.44. The molecule has 3 N–H and O–H groups in total. The summed E-state index contributed by atoms with van der Waals surface area (Å²) in [5, 5.41) is 9.40. The molecule has 0 radical (unpaired) electrons. The molecule has 1 aliphatic heterocycles. The Morgan fingerprint density at radius 1 is 1.36 bits per heavy atom. The number of nitrogens with zero attached hydrogens (tertiary/aromatic N) is 3. The van der Waals surface area contributed by atoms with Crippen LogP contribution in [0, 0.1) is 0 Å². The van der Waals surface area contributed by atoms with E-state index in [1.165, 1.54) is 10.9 Å². The summed E-state index contributed by atoms with van der Waals surface area (Å²) < 4.78 is 12.8. The van der Waals surface area contributed by atoms with E-state index in [4.69, 9.17) is 9.47 Å². The van der Waals surface area contributed by atoms with E-state index >= 15 is 0 Å². The summed E-state index contributed by atoms with van der Waals surface area (Å²) in [5.74, 6) is 1.27. The minimum Gasteiger partial charge on any atom is -0.495 e. The zero-order chi connectivity index (χ0) is 19.3. The molecule has 0 saturated heterocycles. The van der Waals surface area contributed by atoms with Crippen molar-refractivity contribution < 1.29 is 14.3 Å². The van der Waals surface area contributed by atoms with Crippen LogP contribution in [-0.4, -0.2) is 46.9 Å². The molecule has 2 aromatic heterocycles. The van der Waals surface area contributed by atoms with Crippen molar-refractivity contribution in [2.75, 3.05) is 24.8 Å². The molecule has 5 rings (SSSR count). The maximum absolute atomic E-state index is 12.7. The number of nitrogens with one attached hydrogen (secondary N) is 3. The molecule has 4 bridgehead atoms. The Morgan fingerprint density at radius 2 is 2.25 bits per heavy atom. The molecular formula is C19H20N6O3. The van der Waals surface area contributed by atoms with Crippen LogP contribution in [0.1, 0.15) is 12.0 Å². The zero-order valence-corrected chi connectivity index (χ0v) is 15.5. The number of ether oxygens (including phenoxy) is 2. The normalized spacial score (nSPS) is 20.7. The molecule has 1 fully saturated rings. The number of benzene rings is 1. The number of carbonyl (C=O) groups is 1. The van der Waals surface area contributed by atoms with Gasteiger partial charge >= 0.3 is 6.03 Å². The Labute approximate surface area is 161 Å². The lowest BCUT2D eigenvalue weighted by Crippen LogP contribution is -2.32. The van der Waals surface area contributed by atoms with Gasteiger partial charge in [-0.25, -0.2) is 19.3 Å². The highest BCUT2D eigenvalue weighted by molar-refractivity contribution is 5.94. The van der Waals surface area contributed by atoms with Gasteiger partial charge in [-0.05, 0) is 24.1 Å². The molecule has 1 aromatic carbocycles. The Kier molecular flexibility index (Phi) is 3.83. The summed E-state index contributed by atoms with van der Waals surface area (Å²) in [6.07, 6.45) is 2.29. The van der Waals surface area contributed by atoms with E-state index in [1.807, 2.05) is 31.3 Å². The number of imidazole rings is 1. The van der Waals surface area contributed by atoms with E-state index in [9.17, 15) is 4.79 Å². The monoisotopic (exact) mass is 380 g/mol. The number of hydrogen-bond acceptors (Lipinski definition) is 7.